The first-order chi connectivity index (χ1) is 12.4. The van der Waals surface area contributed by atoms with Crippen LogP contribution in [0.5, 0.6) is 0 Å². The number of Topliss-reactive ketones (excluding diaryl/α,β-unsaturated/α-hetero) is 1. The second-order valence-corrected chi connectivity index (χ2v) is 8.21. The predicted molar refractivity (Wildman–Crippen MR) is 105 cm³/mol. The van der Waals surface area contributed by atoms with E-state index in [1.54, 1.807) is 6.92 Å². The van der Waals surface area contributed by atoms with E-state index in [-0.39, 0.29) is 18.0 Å². The summed E-state index contributed by atoms with van der Waals surface area (Å²) in [5, 5.41) is 12.9. The van der Waals surface area contributed by atoms with E-state index in [0.717, 1.165) is 16.7 Å². The number of hydrogen-bond acceptors (Lipinski definition) is 4. The van der Waals surface area contributed by atoms with Crippen LogP contribution >= 0.6 is 0 Å². The molecule has 1 amide bonds. The number of aliphatic hydroxyl groups is 1. The van der Waals surface area contributed by atoms with Crippen molar-refractivity contribution in [2.45, 2.75) is 66.5 Å². The van der Waals surface area contributed by atoms with Gasteiger partial charge in [0.15, 0.2) is 11.9 Å². The summed E-state index contributed by atoms with van der Waals surface area (Å²) < 4.78 is 5.51. The molecule has 0 bridgehead atoms. The summed E-state index contributed by atoms with van der Waals surface area (Å²) in [4.78, 5) is 24.9. The molecule has 1 atom stereocenters. The van der Waals surface area contributed by atoms with Crippen LogP contribution in [-0.4, -0.2) is 22.3 Å². The molecule has 0 radical (unpaired) electrons. The van der Waals surface area contributed by atoms with Gasteiger partial charge >= 0.3 is 0 Å². The zero-order chi connectivity index (χ0) is 20.5. The minimum Gasteiger partial charge on any atom is -0.462 e. The number of nitrogens with one attached hydrogen (secondary N) is 1. The molecule has 0 fully saturated rings. The number of hydrogen-bond donors (Lipinski definition) is 2. The van der Waals surface area contributed by atoms with Crippen LogP contribution < -0.4 is 5.32 Å². The van der Waals surface area contributed by atoms with Gasteiger partial charge in [-0.15, -0.1) is 0 Å². The molecule has 0 aliphatic carbocycles. The average molecular weight is 371 g/mol. The summed E-state index contributed by atoms with van der Waals surface area (Å²) in [7, 11) is 0. The Kier molecular flexibility index (Phi) is 5.95. The molecule has 27 heavy (non-hydrogen) atoms. The zero-order valence-corrected chi connectivity index (χ0v) is 17.2. The van der Waals surface area contributed by atoms with Gasteiger partial charge in [0.05, 0.1) is 5.56 Å². The Bertz CT molecular complexity index is 848. The molecule has 2 aromatic rings. The highest BCUT2D eigenvalue weighted by atomic mass is 16.4. The number of amides is 1. The maximum Gasteiger partial charge on any atom is 0.257 e. The van der Waals surface area contributed by atoms with Gasteiger partial charge in [-0.1, -0.05) is 12.1 Å². The first-order valence-electron chi connectivity index (χ1n) is 9.09. The van der Waals surface area contributed by atoms with Crippen LogP contribution in [-0.2, 0) is 11.2 Å². The molecule has 0 spiro atoms. The smallest absolute Gasteiger partial charge is 0.257 e. The summed E-state index contributed by atoms with van der Waals surface area (Å²) >= 11 is 0. The molecule has 1 aromatic heterocycles. The van der Waals surface area contributed by atoms with Crippen molar-refractivity contribution in [3.05, 3.63) is 57.5 Å². The molecule has 0 aliphatic heterocycles. The van der Waals surface area contributed by atoms with Crippen molar-refractivity contribution >= 4 is 11.7 Å². The lowest BCUT2D eigenvalue weighted by molar-refractivity contribution is -0.132. The highest BCUT2D eigenvalue weighted by Crippen LogP contribution is 2.24. The molecular formula is C22H29NO4. The summed E-state index contributed by atoms with van der Waals surface area (Å²) in [6.07, 6.45) is -1.21. The van der Waals surface area contributed by atoms with Crippen LogP contribution in [0.4, 0.5) is 0 Å². The largest absolute Gasteiger partial charge is 0.462 e. The van der Waals surface area contributed by atoms with Crippen molar-refractivity contribution in [2.24, 2.45) is 0 Å². The number of carbonyl (C=O) groups excluding carboxylic acids is 2. The molecule has 2 N–H and O–H groups in total. The fraction of sp³-hybridized carbons (Fsp3) is 0.455. The molecule has 1 aromatic carbocycles. The van der Waals surface area contributed by atoms with E-state index in [4.69, 9.17) is 4.42 Å². The van der Waals surface area contributed by atoms with Crippen molar-refractivity contribution in [1.82, 2.24) is 5.32 Å². The van der Waals surface area contributed by atoms with Crippen LogP contribution in [0.15, 0.2) is 22.6 Å². The van der Waals surface area contributed by atoms with Crippen molar-refractivity contribution < 1.29 is 19.1 Å². The van der Waals surface area contributed by atoms with E-state index < -0.39 is 17.6 Å². The third kappa shape index (κ3) is 5.07. The van der Waals surface area contributed by atoms with E-state index in [1.165, 1.54) is 11.6 Å². The molecule has 0 aliphatic rings. The maximum absolute atomic E-state index is 12.7. The summed E-state index contributed by atoms with van der Waals surface area (Å²) in [5.41, 5.74) is 4.38. The summed E-state index contributed by atoms with van der Waals surface area (Å²) in [6.45, 7) is 13.3. The molecule has 2 rings (SSSR count). The highest BCUT2D eigenvalue weighted by molar-refractivity contribution is 5.98. The first-order valence-corrected chi connectivity index (χ1v) is 9.09. The van der Waals surface area contributed by atoms with E-state index in [1.807, 2.05) is 46.8 Å². The van der Waals surface area contributed by atoms with E-state index >= 15 is 0 Å². The van der Waals surface area contributed by atoms with Gasteiger partial charge in [0.2, 0.25) is 0 Å². The van der Waals surface area contributed by atoms with Gasteiger partial charge in [-0.05, 0) is 76.8 Å². The molecule has 5 heteroatoms. The number of aliphatic hydroxyl groups excluding tert-OH is 1. The number of carbonyl (C=O) groups is 2. The first kappa shape index (κ1) is 20.9. The van der Waals surface area contributed by atoms with Gasteiger partial charge in [0.25, 0.3) is 5.91 Å². The van der Waals surface area contributed by atoms with Gasteiger partial charge in [-0.2, -0.15) is 0 Å². The second-order valence-electron chi connectivity index (χ2n) is 8.21. The van der Waals surface area contributed by atoms with Crippen LogP contribution in [0, 0.1) is 27.7 Å². The van der Waals surface area contributed by atoms with Crippen LogP contribution in [0.2, 0.25) is 0 Å². The van der Waals surface area contributed by atoms with Gasteiger partial charge in [-0.25, -0.2) is 0 Å². The minimum atomic E-state index is -1.45. The number of rotatable bonds is 5. The topological polar surface area (TPSA) is 79.5 Å². The quantitative estimate of drug-likeness (QED) is 0.782. The predicted octanol–water partition coefficient (Wildman–Crippen LogP) is 3.89. The number of aryl methyl sites for hydroxylation is 3. The number of benzene rings is 1. The molecule has 1 heterocycles. The maximum atomic E-state index is 12.7. The van der Waals surface area contributed by atoms with Gasteiger partial charge in [0.1, 0.15) is 11.5 Å². The van der Waals surface area contributed by atoms with Crippen LogP contribution in [0.25, 0.3) is 0 Å². The zero-order valence-electron chi connectivity index (χ0n) is 17.2. The molecule has 0 unspecified atom stereocenters. The third-order valence-corrected chi connectivity index (χ3v) is 4.60. The fourth-order valence-electron chi connectivity index (χ4n) is 2.99. The lowest BCUT2D eigenvalue weighted by Crippen LogP contribution is -2.43. The fourth-order valence-corrected chi connectivity index (χ4v) is 2.99. The Morgan fingerprint density at radius 3 is 2.15 bits per heavy atom. The number of furan rings is 1. The summed E-state index contributed by atoms with van der Waals surface area (Å²) in [5.74, 6) is -0.180. The van der Waals surface area contributed by atoms with Crippen molar-refractivity contribution in [2.75, 3.05) is 0 Å². The Hall–Kier alpha value is -2.40. The molecule has 146 valence electrons. The van der Waals surface area contributed by atoms with Gasteiger partial charge < -0.3 is 14.8 Å². The molecule has 0 saturated carbocycles. The summed E-state index contributed by atoms with van der Waals surface area (Å²) in [6, 6.07) is 5.50. The van der Waals surface area contributed by atoms with E-state index in [2.05, 4.69) is 12.2 Å². The third-order valence-electron chi connectivity index (χ3n) is 4.60. The normalized spacial score (nSPS) is 12.7. The standard InChI is InChI=1S/C22H29NO4/c1-12-8-16(9-13(2)14(12)3)10-18(24)17-11-19(27-15(17)4)20(25)21(26)23-22(5,6)7/h8-9,11,20,25H,10H2,1-7H3,(H,23,26)/t20-/m1/s1. The average Bonchev–Trinajstić information content (AvgIpc) is 2.92. The Morgan fingerprint density at radius 2 is 1.63 bits per heavy atom. The molecule has 0 saturated heterocycles. The van der Waals surface area contributed by atoms with E-state index in [0.29, 0.717) is 11.3 Å². The Balaban J connectivity index is 2.20. The monoisotopic (exact) mass is 371 g/mol. The molecule has 5 nitrogen and oxygen atoms in total. The lowest BCUT2D eigenvalue weighted by Gasteiger charge is -2.21. The van der Waals surface area contributed by atoms with Crippen molar-refractivity contribution in [3.63, 3.8) is 0 Å². The minimum absolute atomic E-state index is 0.0777. The van der Waals surface area contributed by atoms with Crippen LogP contribution in [0.3, 0.4) is 0 Å². The van der Waals surface area contributed by atoms with Crippen LogP contribution in [0.1, 0.15) is 71.0 Å². The van der Waals surface area contributed by atoms with Crippen molar-refractivity contribution in [3.8, 4) is 0 Å². The Morgan fingerprint density at radius 1 is 1.07 bits per heavy atom. The molecular weight excluding hydrogens is 342 g/mol. The van der Waals surface area contributed by atoms with Crippen molar-refractivity contribution in [1.29, 1.82) is 0 Å². The van der Waals surface area contributed by atoms with Gasteiger partial charge in [0, 0.05) is 12.0 Å². The SMILES string of the molecule is Cc1cc(CC(=O)c2cc([C@@H](O)C(=O)NC(C)(C)C)oc2C)cc(C)c1C. The Labute approximate surface area is 160 Å². The number of ketones is 1. The van der Waals surface area contributed by atoms with Gasteiger partial charge in [-0.3, -0.25) is 9.59 Å². The lowest BCUT2D eigenvalue weighted by atomic mass is 9.96. The second kappa shape index (κ2) is 7.69. The van der Waals surface area contributed by atoms with E-state index in [9.17, 15) is 14.7 Å². The highest BCUT2D eigenvalue weighted by Gasteiger charge is 2.27.